The molecule has 0 aromatic heterocycles. The zero-order valence-electron chi connectivity index (χ0n) is 9.35. The smallest absolute Gasteiger partial charge is 0.264 e. The van der Waals surface area contributed by atoms with Crippen LogP contribution in [0.1, 0.15) is 29.9 Å². The van der Waals surface area contributed by atoms with Crippen LogP contribution in [0.15, 0.2) is 24.3 Å². The van der Waals surface area contributed by atoms with E-state index in [0.29, 0.717) is 12.5 Å². The summed E-state index contributed by atoms with van der Waals surface area (Å²) in [6.45, 7) is 0.303. The standard InChI is InChI=1S/C12H16O3S/c1-16(13,14)15-8-4-6-11-9-10-5-2-3-7-12(10)11/h2-3,5,7,11H,4,6,8-9H2,1H3. The SMILES string of the molecule is CS(=O)(=O)OCCCC1Cc2ccccc21. The van der Waals surface area contributed by atoms with Crippen LogP contribution in [-0.2, 0) is 20.7 Å². The molecule has 3 nitrogen and oxygen atoms in total. The first-order valence-corrected chi connectivity index (χ1v) is 7.30. The first-order chi connectivity index (χ1) is 7.56. The highest BCUT2D eigenvalue weighted by Crippen LogP contribution is 2.37. The third-order valence-corrected chi connectivity index (χ3v) is 3.55. The van der Waals surface area contributed by atoms with E-state index in [1.165, 1.54) is 11.1 Å². The lowest BCUT2D eigenvalue weighted by Crippen LogP contribution is -2.17. The molecule has 0 saturated heterocycles. The van der Waals surface area contributed by atoms with Crippen molar-refractivity contribution in [3.05, 3.63) is 35.4 Å². The average Bonchev–Trinajstić information content (AvgIpc) is 2.17. The molecule has 0 spiro atoms. The fourth-order valence-corrected chi connectivity index (χ4v) is 2.58. The number of hydrogen-bond acceptors (Lipinski definition) is 3. The maximum Gasteiger partial charge on any atom is 0.264 e. The molecule has 0 N–H and O–H groups in total. The predicted octanol–water partition coefficient (Wildman–Crippen LogP) is 2.08. The zero-order valence-corrected chi connectivity index (χ0v) is 10.2. The van der Waals surface area contributed by atoms with Crippen LogP contribution in [0.3, 0.4) is 0 Å². The van der Waals surface area contributed by atoms with E-state index in [2.05, 4.69) is 24.3 Å². The van der Waals surface area contributed by atoms with Crippen molar-refractivity contribution in [3.63, 3.8) is 0 Å². The van der Waals surface area contributed by atoms with Crippen molar-refractivity contribution in [2.24, 2.45) is 0 Å². The Hall–Kier alpha value is -0.870. The summed E-state index contributed by atoms with van der Waals surface area (Å²) >= 11 is 0. The molecule has 0 radical (unpaired) electrons. The summed E-state index contributed by atoms with van der Waals surface area (Å²) in [7, 11) is -3.27. The Morgan fingerprint density at radius 3 is 2.81 bits per heavy atom. The van der Waals surface area contributed by atoms with Crippen molar-refractivity contribution < 1.29 is 12.6 Å². The monoisotopic (exact) mass is 240 g/mol. The summed E-state index contributed by atoms with van der Waals surface area (Å²) in [5.74, 6) is 0.597. The Morgan fingerprint density at radius 1 is 1.38 bits per heavy atom. The average molecular weight is 240 g/mol. The number of benzene rings is 1. The Bertz CT molecular complexity index is 465. The largest absolute Gasteiger partial charge is 0.270 e. The molecule has 0 saturated carbocycles. The molecule has 1 aromatic rings. The van der Waals surface area contributed by atoms with E-state index in [4.69, 9.17) is 4.18 Å². The highest BCUT2D eigenvalue weighted by molar-refractivity contribution is 7.85. The highest BCUT2D eigenvalue weighted by Gasteiger charge is 2.24. The lowest BCUT2D eigenvalue weighted by Gasteiger charge is -2.29. The second-order valence-corrected chi connectivity index (χ2v) is 5.91. The third-order valence-electron chi connectivity index (χ3n) is 2.96. The fourth-order valence-electron chi connectivity index (χ4n) is 2.16. The minimum absolute atomic E-state index is 0.303. The van der Waals surface area contributed by atoms with Crippen LogP contribution in [0.4, 0.5) is 0 Å². The molecule has 1 aliphatic rings. The molecular formula is C12H16O3S. The van der Waals surface area contributed by atoms with Crippen molar-refractivity contribution in [1.82, 2.24) is 0 Å². The molecule has 16 heavy (non-hydrogen) atoms. The summed E-state index contributed by atoms with van der Waals surface area (Å²) in [4.78, 5) is 0. The van der Waals surface area contributed by atoms with Gasteiger partial charge >= 0.3 is 0 Å². The predicted molar refractivity (Wildman–Crippen MR) is 62.9 cm³/mol. The zero-order chi connectivity index (χ0) is 11.6. The molecule has 1 aromatic carbocycles. The van der Waals surface area contributed by atoms with Crippen molar-refractivity contribution in [3.8, 4) is 0 Å². The Balaban J connectivity index is 1.74. The molecule has 0 fully saturated rings. The van der Waals surface area contributed by atoms with Gasteiger partial charge in [0, 0.05) is 0 Å². The van der Waals surface area contributed by atoms with Crippen LogP contribution in [-0.4, -0.2) is 21.3 Å². The van der Waals surface area contributed by atoms with Crippen LogP contribution in [0, 0.1) is 0 Å². The van der Waals surface area contributed by atoms with Gasteiger partial charge in [0.1, 0.15) is 0 Å². The maximum atomic E-state index is 10.7. The van der Waals surface area contributed by atoms with Crippen LogP contribution in [0.5, 0.6) is 0 Å². The van der Waals surface area contributed by atoms with E-state index in [9.17, 15) is 8.42 Å². The van der Waals surface area contributed by atoms with Gasteiger partial charge in [0.05, 0.1) is 12.9 Å². The fraction of sp³-hybridized carbons (Fsp3) is 0.500. The second kappa shape index (κ2) is 4.55. The summed E-state index contributed by atoms with van der Waals surface area (Å²) in [6.07, 6.45) is 4.01. The van der Waals surface area contributed by atoms with E-state index in [1.807, 2.05) is 0 Å². The van der Waals surface area contributed by atoms with Gasteiger partial charge in [0.25, 0.3) is 10.1 Å². The summed E-state index contributed by atoms with van der Waals surface area (Å²) < 4.78 is 26.2. The lowest BCUT2D eigenvalue weighted by molar-refractivity contribution is 0.304. The quantitative estimate of drug-likeness (QED) is 0.584. The number of fused-ring (bicyclic) bond motifs is 1. The van der Waals surface area contributed by atoms with E-state index in [1.54, 1.807) is 0 Å². The van der Waals surface area contributed by atoms with Gasteiger partial charge in [0.15, 0.2) is 0 Å². The normalized spacial score (nSPS) is 18.9. The molecule has 88 valence electrons. The van der Waals surface area contributed by atoms with Crippen LogP contribution >= 0.6 is 0 Å². The molecule has 4 heteroatoms. The first kappa shape index (κ1) is 11.6. The molecule has 0 bridgehead atoms. The van der Waals surface area contributed by atoms with E-state index in [0.717, 1.165) is 25.5 Å². The van der Waals surface area contributed by atoms with Crippen LogP contribution < -0.4 is 0 Å². The van der Waals surface area contributed by atoms with E-state index in [-0.39, 0.29) is 0 Å². The molecule has 0 heterocycles. The van der Waals surface area contributed by atoms with Crippen molar-refractivity contribution in [2.45, 2.75) is 25.2 Å². The molecular weight excluding hydrogens is 224 g/mol. The van der Waals surface area contributed by atoms with Gasteiger partial charge in [-0.15, -0.1) is 0 Å². The summed E-state index contributed by atoms with van der Waals surface area (Å²) in [5, 5.41) is 0. The number of rotatable bonds is 5. The topological polar surface area (TPSA) is 43.4 Å². The van der Waals surface area contributed by atoms with Crippen LogP contribution in [0.2, 0.25) is 0 Å². The summed E-state index contributed by atoms with van der Waals surface area (Å²) in [5.41, 5.74) is 2.85. The van der Waals surface area contributed by atoms with Crippen molar-refractivity contribution in [2.75, 3.05) is 12.9 Å². The van der Waals surface area contributed by atoms with Gasteiger partial charge in [-0.3, -0.25) is 4.18 Å². The second-order valence-electron chi connectivity index (χ2n) is 4.27. The van der Waals surface area contributed by atoms with E-state index >= 15 is 0 Å². The molecule has 0 amide bonds. The Kier molecular flexibility index (Phi) is 3.30. The van der Waals surface area contributed by atoms with Gasteiger partial charge in [-0.1, -0.05) is 24.3 Å². The molecule has 0 aliphatic heterocycles. The van der Waals surface area contributed by atoms with Crippen LogP contribution in [0.25, 0.3) is 0 Å². The first-order valence-electron chi connectivity index (χ1n) is 5.48. The van der Waals surface area contributed by atoms with Gasteiger partial charge in [-0.25, -0.2) is 0 Å². The summed E-state index contributed by atoms with van der Waals surface area (Å²) in [6, 6.07) is 8.42. The van der Waals surface area contributed by atoms with Crippen molar-refractivity contribution in [1.29, 1.82) is 0 Å². The van der Waals surface area contributed by atoms with Gasteiger partial charge < -0.3 is 0 Å². The van der Waals surface area contributed by atoms with Crippen molar-refractivity contribution >= 4 is 10.1 Å². The minimum atomic E-state index is -3.27. The molecule has 1 aliphatic carbocycles. The van der Waals surface area contributed by atoms with Gasteiger partial charge in [-0.2, -0.15) is 8.42 Å². The third kappa shape index (κ3) is 2.83. The highest BCUT2D eigenvalue weighted by atomic mass is 32.2. The maximum absolute atomic E-state index is 10.7. The van der Waals surface area contributed by atoms with Gasteiger partial charge in [0.2, 0.25) is 0 Å². The minimum Gasteiger partial charge on any atom is -0.270 e. The van der Waals surface area contributed by atoms with E-state index < -0.39 is 10.1 Å². The molecule has 1 atom stereocenters. The Labute approximate surface area is 96.6 Å². The number of hydrogen-bond donors (Lipinski definition) is 0. The molecule has 1 unspecified atom stereocenters. The molecule has 2 rings (SSSR count). The Morgan fingerprint density at radius 2 is 2.12 bits per heavy atom. The lowest BCUT2D eigenvalue weighted by atomic mass is 9.75. The van der Waals surface area contributed by atoms with Gasteiger partial charge in [-0.05, 0) is 36.3 Å².